The highest BCUT2D eigenvalue weighted by molar-refractivity contribution is 7.98. The van der Waals surface area contributed by atoms with E-state index in [1.165, 1.54) is 31.1 Å². The molecule has 1 atom stereocenters. The van der Waals surface area contributed by atoms with Crippen LogP contribution in [0, 0.1) is 5.82 Å². The van der Waals surface area contributed by atoms with Gasteiger partial charge >= 0.3 is 0 Å². The second-order valence-electron chi connectivity index (χ2n) is 8.27. The van der Waals surface area contributed by atoms with E-state index in [9.17, 15) is 12.8 Å². The molecular weight excluding hydrogens is 535 g/mol. The van der Waals surface area contributed by atoms with Gasteiger partial charge in [-0.2, -0.15) is 17.8 Å². The Hall–Kier alpha value is -2.96. The Kier molecular flexibility index (Phi) is 8.83. The van der Waals surface area contributed by atoms with Crippen molar-refractivity contribution in [2.75, 3.05) is 26.7 Å². The first kappa shape index (κ1) is 27.1. The highest BCUT2D eigenvalue weighted by Gasteiger charge is 2.31. The van der Waals surface area contributed by atoms with Crippen molar-refractivity contribution >= 4 is 45.4 Å². The second kappa shape index (κ2) is 12.1. The number of likely N-dealkylation sites (N-methyl/N-ethyl adjacent to an activating group) is 1. The average Bonchev–Trinajstić information content (AvgIpc) is 3.32. The quantitative estimate of drug-likeness (QED) is 0.245. The molecule has 3 aromatic rings. The molecule has 3 aromatic carbocycles. The summed E-state index contributed by atoms with van der Waals surface area (Å²) in [4.78, 5) is 5.52. The Morgan fingerprint density at radius 1 is 1.16 bits per heavy atom. The van der Waals surface area contributed by atoms with E-state index in [0.717, 1.165) is 26.0 Å². The Morgan fingerprint density at radius 2 is 1.84 bits per heavy atom. The van der Waals surface area contributed by atoms with Crippen molar-refractivity contribution in [2.24, 2.45) is 15.2 Å². The number of halogens is 2. The summed E-state index contributed by atoms with van der Waals surface area (Å²) in [7, 11) is -2.42. The Morgan fingerprint density at radius 3 is 2.49 bits per heavy atom. The van der Waals surface area contributed by atoms with Crippen LogP contribution in [0.15, 0.2) is 93.9 Å². The first-order valence-corrected chi connectivity index (χ1v) is 14.0. The number of nitrogens with zero attached hydrogens (tertiary/aromatic N) is 4. The number of benzene rings is 3. The van der Waals surface area contributed by atoms with Crippen LogP contribution < -0.4 is 9.86 Å². The van der Waals surface area contributed by atoms with E-state index >= 15 is 0 Å². The zero-order chi connectivity index (χ0) is 26.4. The number of rotatable bonds is 8. The first-order valence-electron chi connectivity index (χ1n) is 11.3. The molecule has 0 fully saturated rings. The van der Waals surface area contributed by atoms with Crippen LogP contribution in [0.3, 0.4) is 0 Å². The predicted molar refractivity (Wildman–Crippen MR) is 147 cm³/mol. The molecule has 1 aliphatic rings. The normalized spacial score (nSPS) is 16.2. The van der Waals surface area contributed by atoms with E-state index in [2.05, 4.69) is 9.71 Å². The van der Waals surface area contributed by atoms with Gasteiger partial charge in [-0.1, -0.05) is 54.1 Å². The standard InChI is InChI=1S/C25H26ClFN6O2S2/c1-32(37(28,34)35)16-15-29-25(31-36-22-13-9-20(26)10-14-22)33-17-23(18-5-3-2-4-6-18)24(30-33)19-7-11-21(27)12-8-19/h2-14,23H,15-17H2,1H3,(H,29,31)(H2,28,34,35). The number of nitrogens with two attached hydrogens (primary N) is 1. The average molecular weight is 561 g/mol. The fraction of sp³-hybridized carbons (Fsp3) is 0.200. The minimum Gasteiger partial charge on any atom is -0.295 e. The molecule has 0 bridgehead atoms. The lowest BCUT2D eigenvalue weighted by Gasteiger charge is -2.20. The maximum absolute atomic E-state index is 13.6. The Balaban J connectivity index is 1.64. The van der Waals surface area contributed by atoms with E-state index in [-0.39, 0.29) is 24.8 Å². The summed E-state index contributed by atoms with van der Waals surface area (Å²) in [6.07, 6.45) is 0. The van der Waals surface area contributed by atoms with Crippen LogP contribution in [0.1, 0.15) is 17.0 Å². The van der Waals surface area contributed by atoms with Gasteiger partial charge in [-0.3, -0.25) is 4.72 Å². The lowest BCUT2D eigenvalue weighted by molar-refractivity contribution is 0.456. The molecule has 8 nitrogen and oxygen atoms in total. The molecule has 0 spiro atoms. The molecule has 37 heavy (non-hydrogen) atoms. The maximum Gasteiger partial charge on any atom is 0.276 e. The van der Waals surface area contributed by atoms with Gasteiger partial charge in [0.25, 0.3) is 10.2 Å². The largest absolute Gasteiger partial charge is 0.295 e. The summed E-state index contributed by atoms with van der Waals surface area (Å²) in [6, 6.07) is 23.5. The van der Waals surface area contributed by atoms with Crippen LogP contribution in [0.4, 0.5) is 4.39 Å². The van der Waals surface area contributed by atoms with E-state index in [4.69, 9.17) is 21.8 Å². The van der Waals surface area contributed by atoms with Gasteiger partial charge in [0.1, 0.15) is 5.82 Å². The van der Waals surface area contributed by atoms with Crippen LogP contribution in [-0.2, 0) is 10.2 Å². The van der Waals surface area contributed by atoms with Gasteiger partial charge in [0.15, 0.2) is 0 Å². The maximum atomic E-state index is 13.6. The predicted octanol–water partition coefficient (Wildman–Crippen LogP) is 4.07. The van der Waals surface area contributed by atoms with Crippen molar-refractivity contribution in [3.63, 3.8) is 0 Å². The smallest absolute Gasteiger partial charge is 0.276 e. The number of aliphatic imine (C=N–C) groups is 1. The fourth-order valence-electron chi connectivity index (χ4n) is 3.66. The summed E-state index contributed by atoms with van der Waals surface area (Å²) in [5, 5.41) is 12.4. The summed E-state index contributed by atoms with van der Waals surface area (Å²) in [6.45, 7) is 0.735. The molecule has 0 aromatic heterocycles. The number of hydrazone groups is 1. The molecule has 1 unspecified atom stereocenters. The van der Waals surface area contributed by atoms with E-state index in [1.54, 1.807) is 29.3 Å². The molecule has 0 radical (unpaired) electrons. The van der Waals surface area contributed by atoms with Crippen molar-refractivity contribution in [2.45, 2.75) is 10.8 Å². The third kappa shape index (κ3) is 7.30. The first-order chi connectivity index (χ1) is 17.7. The molecule has 1 heterocycles. The van der Waals surface area contributed by atoms with Crippen molar-refractivity contribution in [1.29, 1.82) is 0 Å². The molecule has 3 N–H and O–H groups in total. The molecule has 0 amide bonds. The summed E-state index contributed by atoms with van der Waals surface area (Å²) in [5.74, 6) is 0.0322. The van der Waals surface area contributed by atoms with Crippen molar-refractivity contribution in [3.8, 4) is 0 Å². The molecule has 0 aliphatic carbocycles. The van der Waals surface area contributed by atoms with Crippen LogP contribution in [0.5, 0.6) is 0 Å². The zero-order valence-corrected chi connectivity index (χ0v) is 22.3. The van der Waals surface area contributed by atoms with Gasteiger partial charge in [0, 0.05) is 29.4 Å². The third-order valence-electron chi connectivity index (χ3n) is 5.69. The number of nitrogens with one attached hydrogen (secondary N) is 1. The number of guanidine groups is 1. The molecule has 0 saturated heterocycles. The van der Waals surface area contributed by atoms with Gasteiger partial charge in [0.05, 0.1) is 18.8 Å². The summed E-state index contributed by atoms with van der Waals surface area (Å²) < 4.78 is 41.1. The van der Waals surface area contributed by atoms with Crippen molar-refractivity contribution in [3.05, 3.63) is 101 Å². The van der Waals surface area contributed by atoms with Crippen LogP contribution in [0.25, 0.3) is 0 Å². The van der Waals surface area contributed by atoms with Crippen LogP contribution >= 0.6 is 23.5 Å². The monoisotopic (exact) mass is 560 g/mol. The Bertz CT molecular complexity index is 1370. The minimum absolute atomic E-state index is 0.0914. The minimum atomic E-state index is -3.82. The molecule has 194 valence electrons. The topological polar surface area (TPSA) is 103 Å². The van der Waals surface area contributed by atoms with E-state index in [0.29, 0.717) is 17.5 Å². The molecular formula is C25H26ClFN6O2S2. The molecule has 0 saturated carbocycles. The van der Waals surface area contributed by atoms with Gasteiger partial charge in [0.2, 0.25) is 5.96 Å². The third-order valence-corrected chi connectivity index (χ3v) is 7.78. The van der Waals surface area contributed by atoms with Gasteiger partial charge in [-0.05, 0) is 59.5 Å². The van der Waals surface area contributed by atoms with Crippen LogP contribution in [-0.4, -0.2) is 56.1 Å². The summed E-state index contributed by atoms with van der Waals surface area (Å²) in [5.41, 5.74) is 2.64. The van der Waals surface area contributed by atoms with E-state index < -0.39 is 10.2 Å². The molecule has 1 aliphatic heterocycles. The van der Waals surface area contributed by atoms with Crippen molar-refractivity contribution < 1.29 is 12.8 Å². The Labute approximate surface area is 225 Å². The number of hydrogen-bond donors (Lipinski definition) is 2. The second-order valence-corrected chi connectivity index (χ2v) is 11.2. The zero-order valence-electron chi connectivity index (χ0n) is 20.0. The molecule has 4 rings (SSSR count). The van der Waals surface area contributed by atoms with E-state index in [1.807, 2.05) is 42.5 Å². The SMILES string of the molecule is CN(CCN=C(NSc1ccc(Cl)cc1)N1CC(c2ccccc2)C(c2ccc(F)cc2)=N1)S(N)(=O)=O. The van der Waals surface area contributed by atoms with Gasteiger partial charge in [-0.25, -0.2) is 19.5 Å². The van der Waals surface area contributed by atoms with Crippen LogP contribution in [0.2, 0.25) is 5.02 Å². The highest BCUT2D eigenvalue weighted by atomic mass is 35.5. The fourth-order valence-corrected chi connectivity index (χ4v) is 4.77. The highest BCUT2D eigenvalue weighted by Crippen LogP contribution is 2.29. The summed E-state index contributed by atoms with van der Waals surface area (Å²) >= 11 is 7.33. The lowest BCUT2D eigenvalue weighted by Crippen LogP contribution is -2.37. The lowest BCUT2D eigenvalue weighted by atomic mass is 9.91. The molecule has 12 heteroatoms. The van der Waals surface area contributed by atoms with Gasteiger partial charge in [-0.15, -0.1) is 0 Å². The van der Waals surface area contributed by atoms with Gasteiger partial charge < -0.3 is 0 Å². The van der Waals surface area contributed by atoms with Crippen molar-refractivity contribution in [1.82, 2.24) is 14.0 Å². The number of hydrogen-bond acceptors (Lipinski definition) is 5.